The average Bonchev–Trinajstić information content (AvgIpc) is 3.21. The molecule has 1 aliphatic rings. The fourth-order valence-electron chi connectivity index (χ4n) is 4.06. The molecule has 1 saturated heterocycles. The maximum Gasteiger partial charge on any atom is 0.228 e. The summed E-state index contributed by atoms with van der Waals surface area (Å²) in [5, 5.41) is 4.74. The van der Waals surface area contributed by atoms with Crippen molar-refractivity contribution in [2.24, 2.45) is 0 Å². The summed E-state index contributed by atoms with van der Waals surface area (Å²) in [5.41, 5.74) is 2.32. The molecule has 1 unspecified atom stereocenters. The Bertz CT molecular complexity index is 1100. The number of hydrogen-bond donors (Lipinski definition) is 0. The molecule has 1 atom stereocenters. The Balaban J connectivity index is 1.54. The Kier molecular flexibility index (Phi) is 7.04. The number of pyridine rings is 1. The van der Waals surface area contributed by atoms with Gasteiger partial charge >= 0.3 is 0 Å². The van der Waals surface area contributed by atoms with Gasteiger partial charge in [-0.05, 0) is 42.1 Å². The van der Waals surface area contributed by atoms with Gasteiger partial charge in [0.25, 0.3) is 0 Å². The van der Waals surface area contributed by atoms with E-state index in [2.05, 4.69) is 24.6 Å². The van der Waals surface area contributed by atoms with Crippen LogP contribution >= 0.6 is 0 Å². The molecule has 174 valence electrons. The molecule has 1 aliphatic heterocycles. The van der Waals surface area contributed by atoms with E-state index in [0.29, 0.717) is 31.0 Å². The Hall–Kier alpha value is -2.84. The molecule has 0 aliphatic carbocycles. The van der Waals surface area contributed by atoms with Gasteiger partial charge in [0.05, 0.1) is 5.69 Å². The fourth-order valence-corrected chi connectivity index (χ4v) is 4.82. The second-order valence-electron chi connectivity index (χ2n) is 9.73. The van der Waals surface area contributed by atoms with Gasteiger partial charge in [-0.2, -0.15) is 5.10 Å². The van der Waals surface area contributed by atoms with Crippen LogP contribution in [-0.2, 0) is 16.3 Å². The molecule has 0 bridgehead atoms. The van der Waals surface area contributed by atoms with Gasteiger partial charge in [0.2, 0.25) is 5.91 Å². The van der Waals surface area contributed by atoms with E-state index >= 15 is 0 Å². The van der Waals surface area contributed by atoms with E-state index in [-0.39, 0.29) is 30.8 Å². The number of piperidine rings is 1. The summed E-state index contributed by atoms with van der Waals surface area (Å²) in [6.07, 6.45) is 4.42. The Morgan fingerprint density at radius 2 is 1.91 bits per heavy atom. The third kappa shape index (κ3) is 5.75. The molecule has 4 rings (SSSR count). The summed E-state index contributed by atoms with van der Waals surface area (Å²) in [4.78, 5) is 19.0. The predicted molar refractivity (Wildman–Crippen MR) is 130 cm³/mol. The van der Waals surface area contributed by atoms with Crippen LogP contribution in [0.25, 0.3) is 11.3 Å². The third-order valence-corrected chi connectivity index (χ3v) is 7.69. The van der Waals surface area contributed by atoms with Crippen LogP contribution in [0.4, 0.5) is 10.2 Å². The van der Waals surface area contributed by atoms with Crippen molar-refractivity contribution in [2.45, 2.75) is 51.2 Å². The zero-order valence-electron chi connectivity index (χ0n) is 19.5. The number of ether oxygens (including phenoxy) is 1. The largest absolute Gasteiger partial charge is 0.359 e. The van der Waals surface area contributed by atoms with Crippen molar-refractivity contribution < 1.29 is 13.9 Å². The van der Waals surface area contributed by atoms with Crippen LogP contribution in [0.5, 0.6) is 0 Å². The van der Waals surface area contributed by atoms with Crippen molar-refractivity contribution in [2.75, 3.05) is 18.1 Å². The molecule has 33 heavy (non-hydrogen) atoms. The van der Waals surface area contributed by atoms with Gasteiger partial charge in [0, 0.05) is 51.7 Å². The van der Waals surface area contributed by atoms with Gasteiger partial charge in [-0.25, -0.2) is 9.07 Å². The molecular formula is C25H31FN4O2Si. The zero-order valence-corrected chi connectivity index (χ0v) is 20.5. The minimum Gasteiger partial charge on any atom is -0.359 e. The number of halogens is 1. The van der Waals surface area contributed by atoms with Crippen molar-refractivity contribution in [1.82, 2.24) is 14.8 Å². The highest BCUT2D eigenvalue weighted by molar-refractivity contribution is 6.76. The standard InChI is InChI=1S/C25H31FN4O2Si/c1-33(2,3)15-14-32-18-30-24(17-23(28-30)19-8-11-27-12-9-19)29-13-10-20(16-25(29)31)21-6-4-5-7-22(21)26/h4-9,11-12,17,20H,10,13-16,18H2,1-3H3. The smallest absolute Gasteiger partial charge is 0.228 e. The molecule has 0 spiro atoms. The van der Waals surface area contributed by atoms with Gasteiger partial charge < -0.3 is 4.74 Å². The van der Waals surface area contributed by atoms with Crippen molar-refractivity contribution in [3.63, 3.8) is 0 Å². The Morgan fingerprint density at radius 1 is 1.15 bits per heavy atom. The van der Waals surface area contributed by atoms with E-state index in [1.807, 2.05) is 24.3 Å². The third-order valence-electron chi connectivity index (χ3n) is 5.99. The number of rotatable bonds is 8. The fraction of sp³-hybridized carbons (Fsp3) is 0.400. The summed E-state index contributed by atoms with van der Waals surface area (Å²) in [6.45, 7) is 8.41. The number of carbonyl (C=O) groups excluding carboxylic acids is 1. The van der Waals surface area contributed by atoms with Crippen LogP contribution in [0.15, 0.2) is 54.9 Å². The molecule has 8 heteroatoms. The minimum atomic E-state index is -1.20. The number of nitrogens with zero attached hydrogens (tertiary/aromatic N) is 4. The molecule has 1 aromatic carbocycles. The molecule has 3 heterocycles. The summed E-state index contributed by atoms with van der Waals surface area (Å²) in [7, 11) is -1.20. The van der Waals surface area contributed by atoms with E-state index in [4.69, 9.17) is 9.84 Å². The molecular weight excluding hydrogens is 435 g/mol. The number of aromatic nitrogens is 3. The molecule has 0 N–H and O–H groups in total. The zero-order chi connectivity index (χ0) is 23.4. The highest BCUT2D eigenvalue weighted by atomic mass is 28.3. The van der Waals surface area contributed by atoms with E-state index in [9.17, 15) is 9.18 Å². The lowest BCUT2D eigenvalue weighted by Gasteiger charge is -2.32. The molecule has 6 nitrogen and oxygen atoms in total. The lowest BCUT2D eigenvalue weighted by atomic mass is 9.88. The summed E-state index contributed by atoms with van der Waals surface area (Å²) >= 11 is 0. The highest BCUT2D eigenvalue weighted by Gasteiger charge is 2.31. The average molecular weight is 467 g/mol. The first-order chi connectivity index (χ1) is 15.8. The first-order valence-corrected chi connectivity index (χ1v) is 15.1. The minimum absolute atomic E-state index is 0.0287. The second-order valence-corrected chi connectivity index (χ2v) is 15.3. The van der Waals surface area contributed by atoms with Crippen LogP contribution in [-0.4, -0.2) is 41.9 Å². The molecule has 0 radical (unpaired) electrons. The molecule has 3 aromatic rings. The van der Waals surface area contributed by atoms with Gasteiger partial charge in [-0.1, -0.05) is 37.8 Å². The van der Waals surface area contributed by atoms with Crippen molar-refractivity contribution in [3.05, 3.63) is 66.2 Å². The molecule has 1 amide bonds. The van der Waals surface area contributed by atoms with E-state index < -0.39 is 8.07 Å². The summed E-state index contributed by atoms with van der Waals surface area (Å²) in [5.74, 6) is 0.328. The van der Waals surface area contributed by atoms with E-state index in [1.165, 1.54) is 6.07 Å². The normalized spacial score (nSPS) is 16.9. The first-order valence-electron chi connectivity index (χ1n) is 11.4. The van der Waals surface area contributed by atoms with Gasteiger partial charge in [-0.3, -0.25) is 14.7 Å². The van der Waals surface area contributed by atoms with Crippen molar-refractivity contribution in [3.8, 4) is 11.3 Å². The van der Waals surface area contributed by atoms with Crippen LogP contribution in [0.2, 0.25) is 25.7 Å². The van der Waals surface area contributed by atoms with E-state index in [1.54, 1.807) is 34.1 Å². The quantitative estimate of drug-likeness (QED) is 0.334. The van der Waals surface area contributed by atoms with Gasteiger partial charge in [0.1, 0.15) is 18.4 Å². The number of benzene rings is 1. The van der Waals surface area contributed by atoms with Crippen LogP contribution in [0, 0.1) is 5.82 Å². The number of hydrogen-bond acceptors (Lipinski definition) is 4. The number of amides is 1. The van der Waals surface area contributed by atoms with Crippen molar-refractivity contribution in [1.29, 1.82) is 0 Å². The molecule has 2 aromatic heterocycles. The monoisotopic (exact) mass is 466 g/mol. The number of anilines is 1. The Labute approximate surface area is 195 Å². The summed E-state index contributed by atoms with van der Waals surface area (Å²) < 4.78 is 22.0. The van der Waals surface area contributed by atoms with Crippen LogP contribution in [0.1, 0.15) is 24.3 Å². The van der Waals surface area contributed by atoms with E-state index in [0.717, 1.165) is 17.3 Å². The maximum absolute atomic E-state index is 14.3. The molecule has 0 saturated carbocycles. The lowest BCUT2D eigenvalue weighted by molar-refractivity contribution is -0.120. The first kappa shape index (κ1) is 23.3. The lowest BCUT2D eigenvalue weighted by Crippen LogP contribution is -2.39. The van der Waals surface area contributed by atoms with Crippen LogP contribution in [0.3, 0.4) is 0 Å². The molecule has 1 fully saturated rings. The summed E-state index contributed by atoms with van der Waals surface area (Å²) in [6, 6.07) is 13.5. The highest BCUT2D eigenvalue weighted by Crippen LogP contribution is 2.34. The topological polar surface area (TPSA) is 60.2 Å². The van der Waals surface area contributed by atoms with Gasteiger partial charge in [0.15, 0.2) is 0 Å². The van der Waals surface area contributed by atoms with Crippen LogP contribution < -0.4 is 4.90 Å². The second kappa shape index (κ2) is 9.97. The number of carbonyl (C=O) groups is 1. The van der Waals surface area contributed by atoms with Crippen molar-refractivity contribution >= 4 is 19.8 Å². The predicted octanol–water partition coefficient (Wildman–Crippen LogP) is 5.31. The SMILES string of the molecule is C[Si](C)(C)CCOCn1nc(-c2ccncc2)cc1N1CCC(c2ccccc2F)CC1=O. The maximum atomic E-state index is 14.3. The Morgan fingerprint density at radius 3 is 2.61 bits per heavy atom. The van der Waals surface area contributed by atoms with Gasteiger partial charge in [-0.15, -0.1) is 0 Å².